The molecule has 1 aromatic rings. The molecule has 23 heavy (non-hydrogen) atoms. The number of benzene rings is 1. The topological polar surface area (TPSA) is 87.7 Å². The molecule has 0 bridgehead atoms. The molecule has 2 rings (SSSR count). The number of nitrogens with one attached hydrogen (secondary N) is 2. The van der Waals surface area contributed by atoms with Gasteiger partial charge in [0.2, 0.25) is 10.0 Å². The SMILES string of the molecule is CNS(=O)(=O)c1ccc(N2CC(NC(=O)OC(C)(C)C)C2)cc1. The molecule has 1 amide bonds. The number of amides is 1. The van der Waals surface area contributed by atoms with Gasteiger partial charge in [-0.1, -0.05) is 0 Å². The third kappa shape index (κ3) is 4.59. The second-order valence-electron chi connectivity index (χ2n) is 6.45. The second-order valence-corrected chi connectivity index (χ2v) is 8.34. The Morgan fingerprint density at radius 1 is 1.22 bits per heavy atom. The van der Waals surface area contributed by atoms with Gasteiger partial charge in [-0.3, -0.25) is 0 Å². The minimum Gasteiger partial charge on any atom is -0.444 e. The fourth-order valence-electron chi connectivity index (χ4n) is 2.21. The van der Waals surface area contributed by atoms with Gasteiger partial charge in [0.05, 0.1) is 10.9 Å². The van der Waals surface area contributed by atoms with Crippen molar-refractivity contribution in [3.63, 3.8) is 0 Å². The molecular weight excluding hydrogens is 318 g/mol. The van der Waals surface area contributed by atoms with Crippen LogP contribution in [0.4, 0.5) is 10.5 Å². The quantitative estimate of drug-likeness (QED) is 0.862. The number of sulfonamides is 1. The first-order valence-corrected chi connectivity index (χ1v) is 8.87. The minimum atomic E-state index is -3.42. The third-order valence-corrected chi connectivity index (χ3v) is 4.81. The number of hydrogen-bond acceptors (Lipinski definition) is 5. The van der Waals surface area contributed by atoms with Crippen LogP contribution in [0.5, 0.6) is 0 Å². The molecule has 0 unspecified atom stereocenters. The molecule has 7 nitrogen and oxygen atoms in total. The van der Waals surface area contributed by atoms with Crippen molar-refractivity contribution in [2.75, 3.05) is 25.0 Å². The van der Waals surface area contributed by atoms with E-state index >= 15 is 0 Å². The van der Waals surface area contributed by atoms with Crippen LogP contribution in [0.2, 0.25) is 0 Å². The highest BCUT2D eigenvalue weighted by Gasteiger charge is 2.30. The predicted octanol–water partition coefficient (Wildman–Crippen LogP) is 1.31. The van der Waals surface area contributed by atoms with Gasteiger partial charge in [-0.25, -0.2) is 17.9 Å². The van der Waals surface area contributed by atoms with E-state index in [0.717, 1.165) is 5.69 Å². The van der Waals surface area contributed by atoms with E-state index in [1.807, 2.05) is 20.8 Å². The van der Waals surface area contributed by atoms with Crippen molar-refractivity contribution in [1.29, 1.82) is 0 Å². The van der Waals surface area contributed by atoms with Crippen molar-refractivity contribution in [3.8, 4) is 0 Å². The first-order valence-electron chi connectivity index (χ1n) is 7.39. The molecule has 0 saturated carbocycles. The van der Waals surface area contributed by atoms with E-state index in [9.17, 15) is 13.2 Å². The first-order chi connectivity index (χ1) is 10.6. The van der Waals surface area contributed by atoms with Gasteiger partial charge in [-0.2, -0.15) is 0 Å². The third-order valence-electron chi connectivity index (χ3n) is 3.38. The van der Waals surface area contributed by atoms with E-state index in [-0.39, 0.29) is 10.9 Å². The summed E-state index contributed by atoms with van der Waals surface area (Å²) >= 11 is 0. The molecule has 128 valence electrons. The van der Waals surface area contributed by atoms with Crippen molar-refractivity contribution in [3.05, 3.63) is 24.3 Å². The first kappa shape index (κ1) is 17.6. The summed E-state index contributed by atoms with van der Waals surface area (Å²) in [4.78, 5) is 14.0. The zero-order valence-electron chi connectivity index (χ0n) is 13.8. The molecule has 1 aromatic carbocycles. The van der Waals surface area contributed by atoms with Crippen LogP contribution in [-0.4, -0.2) is 46.3 Å². The summed E-state index contributed by atoms with van der Waals surface area (Å²) in [6.07, 6.45) is -0.419. The summed E-state index contributed by atoms with van der Waals surface area (Å²) in [5.74, 6) is 0. The van der Waals surface area contributed by atoms with Crippen molar-refractivity contribution >= 4 is 21.8 Å². The fourth-order valence-corrected chi connectivity index (χ4v) is 2.94. The van der Waals surface area contributed by atoms with Crippen molar-refractivity contribution in [2.24, 2.45) is 0 Å². The number of anilines is 1. The van der Waals surface area contributed by atoms with Crippen LogP contribution in [0.3, 0.4) is 0 Å². The Labute approximate surface area is 137 Å². The highest BCUT2D eigenvalue weighted by molar-refractivity contribution is 7.89. The minimum absolute atomic E-state index is 0.0329. The van der Waals surface area contributed by atoms with Gasteiger partial charge in [-0.15, -0.1) is 0 Å². The van der Waals surface area contributed by atoms with Gasteiger partial charge < -0.3 is 15.0 Å². The molecule has 1 heterocycles. The molecule has 1 saturated heterocycles. The van der Waals surface area contributed by atoms with Gasteiger partial charge >= 0.3 is 6.09 Å². The Hall–Kier alpha value is -1.80. The number of rotatable bonds is 4. The van der Waals surface area contributed by atoms with E-state index in [2.05, 4.69) is 14.9 Å². The smallest absolute Gasteiger partial charge is 0.407 e. The lowest BCUT2D eigenvalue weighted by Gasteiger charge is -2.41. The van der Waals surface area contributed by atoms with Gasteiger partial charge in [0.1, 0.15) is 5.60 Å². The number of ether oxygens (including phenoxy) is 1. The number of nitrogens with zero attached hydrogens (tertiary/aromatic N) is 1. The zero-order chi connectivity index (χ0) is 17.3. The molecule has 0 aliphatic carbocycles. The van der Waals surface area contributed by atoms with Crippen LogP contribution in [0.25, 0.3) is 0 Å². The molecule has 0 atom stereocenters. The Balaban J connectivity index is 1.87. The molecule has 1 aliphatic rings. The molecule has 1 aliphatic heterocycles. The maximum Gasteiger partial charge on any atom is 0.407 e. The van der Waals surface area contributed by atoms with Gasteiger partial charge in [0.25, 0.3) is 0 Å². The Morgan fingerprint density at radius 3 is 2.26 bits per heavy atom. The van der Waals surface area contributed by atoms with E-state index < -0.39 is 21.7 Å². The average molecular weight is 341 g/mol. The van der Waals surface area contributed by atoms with E-state index in [1.54, 1.807) is 24.3 Å². The lowest BCUT2D eigenvalue weighted by molar-refractivity contribution is 0.0496. The summed E-state index contributed by atoms with van der Waals surface area (Å²) in [5.41, 5.74) is 0.407. The van der Waals surface area contributed by atoms with Crippen molar-refractivity contribution in [1.82, 2.24) is 10.0 Å². The molecule has 0 radical (unpaired) electrons. The van der Waals surface area contributed by atoms with Crippen LogP contribution in [0, 0.1) is 0 Å². The number of hydrogen-bond donors (Lipinski definition) is 2. The lowest BCUT2D eigenvalue weighted by Crippen LogP contribution is -2.60. The van der Waals surface area contributed by atoms with Crippen LogP contribution in [0.15, 0.2) is 29.2 Å². The van der Waals surface area contributed by atoms with Crippen LogP contribution >= 0.6 is 0 Å². The molecule has 0 spiro atoms. The van der Waals surface area contributed by atoms with Crippen molar-refractivity contribution in [2.45, 2.75) is 37.3 Å². The molecule has 0 aromatic heterocycles. The molecule has 2 N–H and O–H groups in total. The summed E-state index contributed by atoms with van der Waals surface area (Å²) in [6.45, 7) is 6.79. The second kappa shape index (κ2) is 6.37. The molecular formula is C15H23N3O4S. The van der Waals surface area contributed by atoms with Gasteiger partial charge in [0, 0.05) is 18.8 Å². The van der Waals surface area contributed by atoms with Crippen LogP contribution < -0.4 is 14.9 Å². The summed E-state index contributed by atoms with van der Waals surface area (Å²) in [6, 6.07) is 6.68. The highest BCUT2D eigenvalue weighted by Crippen LogP contribution is 2.23. The largest absolute Gasteiger partial charge is 0.444 e. The van der Waals surface area contributed by atoms with Gasteiger partial charge in [-0.05, 0) is 52.1 Å². The molecule has 1 fully saturated rings. The van der Waals surface area contributed by atoms with E-state index in [4.69, 9.17) is 4.74 Å². The van der Waals surface area contributed by atoms with Crippen molar-refractivity contribution < 1.29 is 17.9 Å². The molecule has 8 heteroatoms. The fraction of sp³-hybridized carbons (Fsp3) is 0.533. The normalized spacial score (nSPS) is 15.9. The number of alkyl carbamates (subject to hydrolysis) is 1. The Kier molecular flexibility index (Phi) is 4.86. The standard InChI is InChI=1S/C15H23N3O4S/c1-15(2,3)22-14(19)17-11-9-18(10-11)12-5-7-13(8-6-12)23(20,21)16-4/h5-8,11,16H,9-10H2,1-4H3,(H,17,19). The highest BCUT2D eigenvalue weighted by atomic mass is 32.2. The van der Waals surface area contributed by atoms with Crippen LogP contribution in [-0.2, 0) is 14.8 Å². The number of carbonyl (C=O) groups is 1. The summed E-state index contributed by atoms with van der Waals surface area (Å²) in [7, 11) is -2.03. The van der Waals surface area contributed by atoms with E-state index in [0.29, 0.717) is 13.1 Å². The number of carbonyl (C=O) groups excluding carboxylic acids is 1. The average Bonchev–Trinajstić information content (AvgIpc) is 2.40. The summed E-state index contributed by atoms with van der Waals surface area (Å²) < 4.78 is 30.8. The predicted molar refractivity (Wildman–Crippen MR) is 88.1 cm³/mol. The van der Waals surface area contributed by atoms with E-state index in [1.165, 1.54) is 7.05 Å². The lowest BCUT2D eigenvalue weighted by atomic mass is 10.1. The monoisotopic (exact) mass is 341 g/mol. The Morgan fingerprint density at radius 2 is 1.78 bits per heavy atom. The zero-order valence-corrected chi connectivity index (χ0v) is 14.6. The van der Waals surface area contributed by atoms with Gasteiger partial charge in [0.15, 0.2) is 0 Å². The maximum atomic E-state index is 11.7. The van der Waals surface area contributed by atoms with Crippen LogP contribution in [0.1, 0.15) is 20.8 Å². The summed E-state index contributed by atoms with van der Waals surface area (Å²) in [5, 5.41) is 2.81. The maximum absolute atomic E-state index is 11.7. The Bertz CT molecular complexity index is 659.